The lowest BCUT2D eigenvalue weighted by Gasteiger charge is -2.32. The number of hydrogen-bond acceptors (Lipinski definition) is 4. The number of nitrogens with zero attached hydrogens (tertiary/aromatic N) is 3. The van der Waals surface area contributed by atoms with Crippen molar-refractivity contribution in [3.05, 3.63) is 28.2 Å². The van der Waals surface area contributed by atoms with Crippen LogP contribution in [0.2, 0.25) is 0 Å². The van der Waals surface area contributed by atoms with E-state index < -0.39 is 0 Å². The van der Waals surface area contributed by atoms with Crippen LogP contribution in [-0.4, -0.2) is 25.8 Å². The van der Waals surface area contributed by atoms with Gasteiger partial charge in [0, 0.05) is 11.0 Å². The monoisotopic (exact) mass is 291 g/mol. The van der Waals surface area contributed by atoms with Gasteiger partial charge in [0.05, 0.1) is 36.5 Å². The number of morpholine rings is 1. The Bertz CT molecular complexity index is 503. The quantitative estimate of drug-likeness (QED) is 0.795. The van der Waals surface area contributed by atoms with Gasteiger partial charge in [0.25, 0.3) is 0 Å². The summed E-state index contributed by atoms with van der Waals surface area (Å²) >= 11 is 3.45. The van der Waals surface area contributed by atoms with Crippen molar-refractivity contribution < 1.29 is 4.74 Å². The molecule has 0 radical (unpaired) electrons. The zero-order valence-corrected chi connectivity index (χ0v) is 10.6. The lowest BCUT2D eigenvalue weighted by molar-refractivity contribution is 0.0764. The van der Waals surface area contributed by atoms with Gasteiger partial charge in [-0.3, -0.25) is 0 Å². The molecule has 1 unspecified atom stereocenters. The lowest BCUT2D eigenvalue weighted by atomic mass is 10.2. The summed E-state index contributed by atoms with van der Waals surface area (Å²) in [5, 5.41) is 17.6. The van der Waals surface area contributed by atoms with Gasteiger partial charge in [0.1, 0.15) is 0 Å². The minimum atomic E-state index is -0.383. The third-order valence-electron chi connectivity index (χ3n) is 2.63. The van der Waals surface area contributed by atoms with Crippen molar-refractivity contribution in [2.45, 2.75) is 6.10 Å². The SMILES string of the molecule is N#Cc1ccc(N2CCOC(C#N)C2)c(Br)c1. The van der Waals surface area contributed by atoms with Crippen molar-refractivity contribution in [3.63, 3.8) is 0 Å². The largest absolute Gasteiger partial charge is 0.365 e. The maximum Gasteiger partial charge on any atom is 0.161 e. The third-order valence-corrected chi connectivity index (χ3v) is 3.26. The number of hydrogen-bond donors (Lipinski definition) is 0. The predicted octanol–water partition coefficient (Wildman–Crippen LogP) is 2.05. The second-order valence-corrected chi connectivity index (χ2v) is 4.57. The number of nitriles is 2. The zero-order chi connectivity index (χ0) is 12.3. The van der Waals surface area contributed by atoms with Crippen LogP contribution < -0.4 is 4.90 Å². The first kappa shape index (κ1) is 11.9. The fraction of sp³-hybridized carbons (Fsp3) is 0.333. The number of ether oxygens (including phenoxy) is 1. The highest BCUT2D eigenvalue weighted by Gasteiger charge is 2.21. The van der Waals surface area contributed by atoms with E-state index in [1.165, 1.54) is 0 Å². The summed E-state index contributed by atoms with van der Waals surface area (Å²) in [6.07, 6.45) is -0.383. The maximum atomic E-state index is 8.85. The first-order chi connectivity index (χ1) is 8.24. The molecule has 1 atom stereocenters. The van der Waals surface area contributed by atoms with E-state index in [2.05, 4.69) is 33.0 Å². The van der Waals surface area contributed by atoms with E-state index in [-0.39, 0.29) is 6.10 Å². The van der Waals surface area contributed by atoms with Crippen molar-refractivity contribution in [2.75, 3.05) is 24.6 Å². The molecule has 5 heteroatoms. The minimum Gasteiger partial charge on any atom is -0.365 e. The van der Waals surface area contributed by atoms with Crippen molar-refractivity contribution in [3.8, 4) is 12.1 Å². The van der Waals surface area contributed by atoms with Crippen molar-refractivity contribution in [1.29, 1.82) is 10.5 Å². The molecular formula is C12H10BrN3O. The van der Waals surface area contributed by atoms with Gasteiger partial charge in [0.2, 0.25) is 0 Å². The summed E-state index contributed by atoms with van der Waals surface area (Å²) in [7, 11) is 0. The molecule has 4 nitrogen and oxygen atoms in total. The first-order valence-electron chi connectivity index (χ1n) is 5.20. The van der Waals surface area contributed by atoms with E-state index in [9.17, 15) is 0 Å². The first-order valence-corrected chi connectivity index (χ1v) is 5.99. The molecule has 17 heavy (non-hydrogen) atoms. The minimum absolute atomic E-state index is 0.383. The standard InChI is InChI=1S/C12H10BrN3O/c13-11-5-9(6-14)1-2-12(11)16-3-4-17-10(7-15)8-16/h1-2,5,10H,3-4,8H2. The van der Waals surface area contributed by atoms with Gasteiger partial charge in [-0.25, -0.2) is 0 Å². The summed E-state index contributed by atoms with van der Waals surface area (Å²) in [6, 6.07) is 9.66. The highest BCUT2D eigenvalue weighted by atomic mass is 79.9. The van der Waals surface area contributed by atoms with E-state index in [0.29, 0.717) is 18.7 Å². The van der Waals surface area contributed by atoms with E-state index in [4.69, 9.17) is 15.3 Å². The van der Waals surface area contributed by atoms with Gasteiger partial charge >= 0.3 is 0 Å². The number of benzene rings is 1. The Balaban J connectivity index is 2.23. The topological polar surface area (TPSA) is 60.1 Å². The molecule has 86 valence electrons. The normalized spacial score (nSPS) is 19.5. The van der Waals surface area contributed by atoms with E-state index in [1.807, 2.05) is 6.07 Å². The van der Waals surface area contributed by atoms with Crippen LogP contribution in [0.5, 0.6) is 0 Å². The van der Waals surface area contributed by atoms with Gasteiger partial charge in [-0.2, -0.15) is 10.5 Å². The van der Waals surface area contributed by atoms with Crippen LogP contribution in [0.3, 0.4) is 0 Å². The molecule has 2 rings (SSSR count). The van der Waals surface area contributed by atoms with Gasteiger partial charge in [-0.05, 0) is 34.1 Å². The summed E-state index contributed by atoms with van der Waals surface area (Å²) in [5.41, 5.74) is 1.61. The molecule has 0 N–H and O–H groups in total. The molecule has 0 bridgehead atoms. The number of rotatable bonds is 1. The summed E-state index contributed by atoms with van der Waals surface area (Å²) in [4.78, 5) is 2.09. The highest BCUT2D eigenvalue weighted by molar-refractivity contribution is 9.10. The summed E-state index contributed by atoms with van der Waals surface area (Å²) in [6.45, 7) is 1.86. The van der Waals surface area contributed by atoms with Gasteiger partial charge in [-0.15, -0.1) is 0 Å². The van der Waals surface area contributed by atoms with E-state index in [0.717, 1.165) is 16.7 Å². The van der Waals surface area contributed by atoms with Crippen LogP contribution in [0, 0.1) is 22.7 Å². The highest BCUT2D eigenvalue weighted by Crippen LogP contribution is 2.28. The number of halogens is 1. The Kier molecular flexibility index (Phi) is 3.63. The molecular weight excluding hydrogens is 282 g/mol. The van der Waals surface area contributed by atoms with Crippen molar-refractivity contribution >= 4 is 21.6 Å². The average Bonchev–Trinajstić information content (AvgIpc) is 2.38. The molecule has 1 aromatic carbocycles. The molecule has 1 aliphatic rings. The van der Waals surface area contributed by atoms with Crippen LogP contribution in [0.25, 0.3) is 0 Å². The Morgan fingerprint density at radius 3 is 2.88 bits per heavy atom. The van der Waals surface area contributed by atoms with E-state index in [1.54, 1.807) is 12.1 Å². The molecule has 0 aliphatic carbocycles. The van der Waals surface area contributed by atoms with Gasteiger partial charge in [0.15, 0.2) is 6.10 Å². The van der Waals surface area contributed by atoms with Crippen molar-refractivity contribution in [2.24, 2.45) is 0 Å². The molecule has 1 aliphatic heterocycles. The van der Waals surface area contributed by atoms with Crippen LogP contribution in [0.4, 0.5) is 5.69 Å². The zero-order valence-electron chi connectivity index (χ0n) is 9.06. The van der Waals surface area contributed by atoms with Crippen molar-refractivity contribution in [1.82, 2.24) is 0 Å². The lowest BCUT2D eigenvalue weighted by Crippen LogP contribution is -2.42. The van der Waals surface area contributed by atoms with E-state index >= 15 is 0 Å². The number of anilines is 1. The molecule has 0 amide bonds. The molecule has 0 saturated carbocycles. The molecule has 1 aromatic rings. The molecule has 0 spiro atoms. The second-order valence-electron chi connectivity index (χ2n) is 3.71. The van der Waals surface area contributed by atoms with Gasteiger partial charge < -0.3 is 9.64 Å². The smallest absolute Gasteiger partial charge is 0.161 e. The van der Waals surface area contributed by atoms with Crippen LogP contribution >= 0.6 is 15.9 Å². The average molecular weight is 292 g/mol. The fourth-order valence-corrected chi connectivity index (χ4v) is 2.41. The molecule has 1 saturated heterocycles. The van der Waals surface area contributed by atoms with Gasteiger partial charge in [-0.1, -0.05) is 0 Å². The molecule has 1 fully saturated rings. The van der Waals surface area contributed by atoms with Crippen LogP contribution in [0.15, 0.2) is 22.7 Å². The van der Waals surface area contributed by atoms with Crippen LogP contribution in [-0.2, 0) is 4.74 Å². The Morgan fingerprint density at radius 1 is 1.41 bits per heavy atom. The Morgan fingerprint density at radius 2 is 2.24 bits per heavy atom. The Hall–Kier alpha value is -1.56. The predicted molar refractivity (Wildman–Crippen MR) is 66.4 cm³/mol. The summed E-state index contributed by atoms with van der Waals surface area (Å²) in [5.74, 6) is 0. The molecule has 0 aromatic heterocycles. The Labute approximate surface area is 108 Å². The summed E-state index contributed by atoms with van der Waals surface area (Å²) < 4.78 is 6.16. The second kappa shape index (κ2) is 5.18. The molecule has 1 heterocycles. The van der Waals surface area contributed by atoms with Crippen LogP contribution in [0.1, 0.15) is 5.56 Å². The maximum absolute atomic E-state index is 8.85. The third kappa shape index (κ3) is 2.58. The fourth-order valence-electron chi connectivity index (χ4n) is 1.78.